The minimum atomic E-state index is -0.375. The molecule has 0 spiro atoms. The highest BCUT2D eigenvalue weighted by Crippen LogP contribution is 2.28. The van der Waals surface area contributed by atoms with Crippen LogP contribution in [0.5, 0.6) is 5.75 Å². The minimum absolute atomic E-state index is 0.243. The van der Waals surface area contributed by atoms with E-state index in [0.717, 1.165) is 16.8 Å². The number of hydrogen-bond donors (Lipinski definition) is 1. The van der Waals surface area contributed by atoms with Gasteiger partial charge >= 0.3 is 0 Å². The van der Waals surface area contributed by atoms with Gasteiger partial charge in [0.15, 0.2) is 5.69 Å². The summed E-state index contributed by atoms with van der Waals surface area (Å²) >= 11 is 6.01. The van der Waals surface area contributed by atoms with Crippen molar-refractivity contribution in [3.63, 3.8) is 0 Å². The SMILES string of the molecule is COc1ccc(Cl)cc1NC(=O)c1nnn(-c2cc(C)ccc2C)c1C. The summed E-state index contributed by atoms with van der Waals surface area (Å²) in [5.41, 5.74) is 4.42. The van der Waals surface area contributed by atoms with Crippen molar-refractivity contribution in [1.82, 2.24) is 15.0 Å². The average Bonchev–Trinajstić information content (AvgIpc) is 2.99. The lowest BCUT2D eigenvalue weighted by molar-refractivity contribution is 0.102. The van der Waals surface area contributed by atoms with Gasteiger partial charge in [-0.15, -0.1) is 5.10 Å². The second-order valence-corrected chi connectivity index (χ2v) is 6.46. The molecule has 0 aliphatic heterocycles. The zero-order valence-corrected chi connectivity index (χ0v) is 15.8. The molecule has 3 rings (SSSR count). The van der Waals surface area contributed by atoms with Crippen LogP contribution in [0.3, 0.4) is 0 Å². The van der Waals surface area contributed by atoms with E-state index in [9.17, 15) is 4.79 Å². The third-order valence-electron chi connectivity index (χ3n) is 4.11. The van der Waals surface area contributed by atoms with Gasteiger partial charge in [-0.1, -0.05) is 28.9 Å². The van der Waals surface area contributed by atoms with Crippen LogP contribution in [0.25, 0.3) is 5.69 Å². The Morgan fingerprint density at radius 1 is 1.15 bits per heavy atom. The van der Waals surface area contributed by atoms with E-state index in [1.165, 1.54) is 7.11 Å². The summed E-state index contributed by atoms with van der Waals surface area (Å²) in [4.78, 5) is 12.7. The van der Waals surface area contributed by atoms with E-state index in [4.69, 9.17) is 16.3 Å². The van der Waals surface area contributed by atoms with E-state index in [1.807, 2.05) is 39.0 Å². The molecule has 0 aliphatic rings. The number of aromatic nitrogens is 3. The van der Waals surface area contributed by atoms with Gasteiger partial charge in [0.05, 0.1) is 24.2 Å². The topological polar surface area (TPSA) is 69.0 Å². The third-order valence-corrected chi connectivity index (χ3v) is 4.35. The molecule has 7 heteroatoms. The molecule has 1 amide bonds. The number of carbonyl (C=O) groups is 1. The van der Waals surface area contributed by atoms with Gasteiger partial charge in [0.2, 0.25) is 0 Å². The van der Waals surface area contributed by atoms with Crippen molar-refractivity contribution >= 4 is 23.2 Å². The van der Waals surface area contributed by atoms with Gasteiger partial charge in [-0.05, 0) is 56.2 Å². The zero-order chi connectivity index (χ0) is 18.8. The Labute approximate surface area is 156 Å². The maximum Gasteiger partial charge on any atom is 0.278 e. The summed E-state index contributed by atoms with van der Waals surface area (Å²) in [6.07, 6.45) is 0. The number of nitrogens with zero attached hydrogens (tertiary/aromatic N) is 3. The molecule has 0 saturated heterocycles. The maximum atomic E-state index is 12.7. The van der Waals surface area contributed by atoms with Gasteiger partial charge in [0, 0.05) is 5.02 Å². The fraction of sp³-hybridized carbons (Fsp3) is 0.211. The molecule has 134 valence electrons. The molecular weight excluding hydrogens is 352 g/mol. The first-order valence-electron chi connectivity index (χ1n) is 8.05. The number of amides is 1. The fourth-order valence-corrected chi connectivity index (χ4v) is 2.85. The lowest BCUT2D eigenvalue weighted by atomic mass is 10.1. The van der Waals surface area contributed by atoms with Gasteiger partial charge in [-0.25, -0.2) is 4.68 Å². The molecule has 2 aromatic carbocycles. The fourth-order valence-electron chi connectivity index (χ4n) is 2.67. The van der Waals surface area contributed by atoms with Gasteiger partial charge in [0.1, 0.15) is 5.75 Å². The number of nitrogens with one attached hydrogen (secondary N) is 1. The summed E-state index contributed by atoms with van der Waals surface area (Å²) in [5, 5.41) is 11.5. The molecule has 0 aliphatic carbocycles. The Hall–Kier alpha value is -2.86. The van der Waals surface area contributed by atoms with E-state index < -0.39 is 0 Å². The van der Waals surface area contributed by atoms with Crippen molar-refractivity contribution < 1.29 is 9.53 Å². The number of hydrogen-bond acceptors (Lipinski definition) is 4. The molecular formula is C19H19ClN4O2. The van der Waals surface area contributed by atoms with Crippen LogP contribution in [0.15, 0.2) is 36.4 Å². The molecule has 1 heterocycles. The lowest BCUT2D eigenvalue weighted by Crippen LogP contribution is -2.15. The first kappa shape index (κ1) is 17.9. The highest BCUT2D eigenvalue weighted by Gasteiger charge is 2.19. The van der Waals surface area contributed by atoms with Crippen LogP contribution in [-0.2, 0) is 0 Å². The third kappa shape index (κ3) is 3.41. The first-order chi connectivity index (χ1) is 12.4. The van der Waals surface area contributed by atoms with Crippen molar-refractivity contribution in [2.75, 3.05) is 12.4 Å². The van der Waals surface area contributed by atoms with E-state index in [-0.39, 0.29) is 11.6 Å². The number of benzene rings is 2. The molecule has 1 aromatic heterocycles. The Bertz CT molecular complexity index is 982. The molecule has 0 saturated carbocycles. The number of rotatable bonds is 4. The smallest absolute Gasteiger partial charge is 0.278 e. The average molecular weight is 371 g/mol. The van der Waals surface area contributed by atoms with E-state index >= 15 is 0 Å². The Kier molecular flexibility index (Phi) is 4.95. The summed E-state index contributed by atoms with van der Waals surface area (Å²) < 4.78 is 6.93. The maximum absolute atomic E-state index is 12.7. The Morgan fingerprint density at radius 2 is 1.92 bits per heavy atom. The predicted octanol–water partition coefficient (Wildman–Crippen LogP) is 4.11. The van der Waals surface area contributed by atoms with E-state index in [1.54, 1.807) is 22.9 Å². The Morgan fingerprint density at radius 3 is 2.65 bits per heavy atom. The van der Waals surface area contributed by atoms with Crippen LogP contribution in [0.2, 0.25) is 5.02 Å². The first-order valence-corrected chi connectivity index (χ1v) is 8.43. The number of halogens is 1. The molecule has 0 radical (unpaired) electrons. The van der Waals surface area contributed by atoms with Crippen molar-refractivity contribution in [1.29, 1.82) is 0 Å². The van der Waals surface area contributed by atoms with Crippen LogP contribution in [0, 0.1) is 20.8 Å². The van der Waals surface area contributed by atoms with Crippen LogP contribution >= 0.6 is 11.6 Å². The second-order valence-electron chi connectivity index (χ2n) is 6.02. The number of ether oxygens (including phenoxy) is 1. The standard InChI is InChI=1S/C19H19ClN4O2/c1-11-5-6-12(2)16(9-11)24-13(3)18(22-23-24)19(25)21-15-10-14(20)7-8-17(15)26-4/h5-10H,1-4H3,(H,21,25). The summed E-state index contributed by atoms with van der Waals surface area (Å²) in [6.45, 7) is 5.81. The van der Waals surface area contributed by atoms with Gasteiger partial charge in [-0.3, -0.25) is 4.79 Å². The van der Waals surface area contributed by atoms with Crippen LogP contribution in [-0.4, -0.2) is 28.0 Å². The van der Waals surface area contributed by atoms with Crippen LogP contribution < -0.4 is 10.1 Å². The summed E-state index contributed by atoms with van der Waals surface area (Å²) in [5.74, 6) is 0.141. The molecule has 0 atom stereocenters. The molecule has 0 unspecified atom stereocenters. The minimum Gasteiger partial charge on any atom is -0.495 e. The van der Waals surface area contributed by atoms with E-state index in [2.05, 4.69) is 15.6 Å². The van der Waals surface area contributed by atoms with Crippen molar-refractivity contribution in [2.45, 2.75) is 20.8 Å². The highest BCUT2D eigenvalue weighted by atomic mass is 35.5. The second kappa shape index (κ2) is 7.17. The Balaban J connectivity index is 1.94. The molecule has 26 heavy (non-hydrogen) atoms. The number of methoxy groups -OCH3 is 1. The normalized spacial score (nSPS) is 10.7. The van der Waals surface area contributed by atoms with Gasteiger partial charge in [-0.2, -0.15) is 0 Å². The zero-order valence-electron chi connectivity index (χ0n) is 15.0. The van der Waals surface area contributed by atoms with Gasteiger partial charge in [0.25, 0.3) is 5.91 Å². The van der Waals surface area contributed by atoms with Crippen molar-refractivity contribution in [2.24, 2.45) is 0 Å². The summed E-state index contributed by atoms with van der Waals surface area (Å²) in [7, 11) is 1.53. The van der Waals surface area contributed by atoms with Crippen LogP contribution in [0.1, 0.15) is 27.3 Å². The lowest BCUT2D eigenvalue weighted by Gasteiger charge is -2.10. The summed E-state index contributed by atoms with van der Waals surface area (Å²) in [6, 6.07) is 11.1. The molecule has 6 nitrogen and oxygen atoms in total. The number of carbonyl (C=O) groups excluding carboxylic acids is 1. The monoisotopic (exact) mass is 370 g/mol. The molecule has 0 fully saturated rings. The number of aryl methyl sites for hydroxylation is 2. The molecule has 3 aromatic rings. The quantitative estimate of drug-likeness (QED) is 0.750. The van der Waals surface area contributed by atoms with E-state index in [0.29, 0.717) is 22.2 Å². The number of anilines is 1. The van der Waals surface area contributed by atoms with Crippen molar-refractivity contribution in [3.05, 3.63) is 63.9 Å². The largest absolute Gasteiger partial charge is 0.495 e. The van der Waals surface area contributed by atoms with Gasteiger partial charge < -0.3 is 10.1 Å². The molecule has 0 bridgehead atoms. The highest BCUT2D eigenvalue weighted by molar-refractivity contribution is 6.31. The predicted molar refractivity (Wildman–Crippen MR) is 102 cm³/mol. The van der Waals surface area contributed by atoms with Crippen LogP contribution in [0.4, 0.5) is 5.69 Å². The molecule has 1 N–H and O–H groups in total. The van der Waals surface area contributed by atoms with Crippen molar-refractivity contribution in [3.8, 4) is 11.4 Å².